The molecule has 2 N–H and O–H groups in total. The standard InChI is InChI=1S/C10H7N3O2/c1-15-10(14)8-5-7(3-2-4-11)9(12)13-6-8/h5-6H,1H3,(H2,12,13). The molecule has 1 heterocycles. The Labute approximate surface area is 86.5 Å². The molecule has 0 aliphatic carbocycles. The Hall–Kier alpha value is -2.53. The SMILES string of the molecule is COC(=O)c1cnc(N)c(C#CC#N)c1. The number of esters is 1. The summed E-state index contributed by atoms with van der Waals surface area (Å²) < 4.78 is 4.50. The number of nitriles is 1. The molecule has 1 aromatic rings. The lowest BCUT2D eigenvalue weighted by Gasteiger charge is -2.00. The molecule has 0 radical (unpaired) electrons. The second-order valence-corrected chi connectivity index (χ2v) is 2.51. The van der Waals surface area contributed by atoms with E-state index in [0.29, 0.717) is 5.56 Å². The van der Waals surface area contributed by atoms with Crippen LogP contribution in [0.3, 0.4) is 0 Å². The number of anilines is 1. The van der Waals surface area contributed by atoms with E-state index < -0.39 is 5.97 Å². The number of methoxy groups -OCH3 is 1. The van der Waals surface area contributed by atoms with Crippen LogP contribution in [0.5, 0.6) is 0 Å². The van der Waals surface area contributed by atoms with Gasteiger partial charge in [-0.1, -0.05) is 0 Å². The first-order valence-corrected chi connectivity index (χ1v) is 3.93. The van der Waals surface area contributed by atoms with Crippen LogP contribution < -0.4 is 5.73 Å². The molecule has 1 aromatic heterocycles. The Kier molecular flexibility index (Phi) is 3.26. The van der Waals surface area contributed by atoms with Crippen LogP contribution in [-0.2, 0) is 4.74 Å². The van der Waals surface area contributed by atoms with Crippen LogP contribution in [0, 0.1) is 23.2 Å². The summed E-state index contributed by atoms with van der Waals surface area (Å²) in [5.74, 6) is 4.29. The van der Waals surface area contributed by atoms with Crippen molar-refractivity contribution in [3.63, 3.8) is 0 Å². The van der Waals surface area contributed by atoms with Crippen LogP contribution in [0.4, 0.5) is 5.82 Å². The molecule has 0 unspecified atom stereocenters. The van der Waals surface area contributed by atoms with Crippen molar-refractivity contribution in [3.05, 3.63) is 23.4 Å². The van der Waals surface area contributed by atoms with E-state index in [9.17, 15) is 4.79 Å². The molecule has 15 heavy (non-hydrogen) atoms. The highest BCUT2D eigenvalue weighted by Crippen LogP contribution is 2.10. The fraction of sp³-hybridized carbons (Fsp3) is 0.100. The lowest BCUT2D eigenvalue weighted by atomic mass is 10.2. The highest BCUT2D eigenvalue weighted by atomic mass is 16.5. The number of carbonyl (C=O) groups excluding carboxylic acids is 1. The van der Waals surface area contributed by atoms with E-state index in [0.717, 1.165) is 0 Å². The maximum atomic E-state index is 11.1. The van der Waals surface area contributed by atoms with Gasteiger partial charge in [0.25, 0.3) is 0 Å². The van der Waals surface area contributed by atoms with Crippen molar-refractivity contribution in [2.45, 2.75) is 0 Å². The fourth-order valence-corrected chi connectivity index (χ4v) is 0.900. The van der Waals surface area contributed by atoms with E-state index >= 15 is 0 Å². The number of pyridine rings is 1. The minimum absolute atomic E-state index is 0.172. The Morgan fingerprint density at radius 3 is 3.00 bits per heavy atom. The first kappa shape index (κ1) is 10.6. The van der Waals surface area contributed by atoms with Gasteiger partial charge in [0.05, 0.1) is 18.2 Å². The first-order chi connectivity index (χ1) is 7.19. The summed E-state index contributed by atoms with van der Waals surface area (Å²) in [6, 6.07) is 3.07. The number of rotatable bonds is 1. The van der Waals surface area contributed by atoms with E-state index in [1.54, 1.807) is 6.07 Å². The zero-order valence-corrected chi connectivity index (χ0v) is 7.94. The number of aromatic nitrogens is 1. The Morgan fingerprint density at radius 1 is 1.67 bits per heavy atom. The Bertz CT molecular complexity index is 492. The highest BCUT2D eigenvalue weighted by Gasteiger charge is 2.07. The van der Waals surface area contributed by atoms with Crippen molar-refractivity contribution in [1.29, 1.82) is 5.26 Å². The smallest absolute Gasteiger partial charge is 0.339 e. The molecular weight excluding hydrogens is 194 g/mol. The third-order valence-electron chi connectivity index (χ3n) is 1.59. The maximum Gasteiger partial charge on any atom is 0.339 e. The maximum absolute atomic E-state index is 11.1. The quantitative estimate of drug-likeness (QED) is 0.522. The number of hydrogen-bond acceptors (Lipinski definition) is 5. The molecule has 0 aliphatic rings. The first-order valence-electron chi connectivity index (χ1n) is 3.93. The molecule has 0 saturated heterocycles. The topological polar surface area (TPSA) is 89.0 Å². The average Bonchev–Trinajstić information content (AvgIpc) is 2.27. The van der Waals surface area contributed by atoms with Gasteiger partial charge in [-0.15, -0.1) is 0 Å². The van der Waals surface area contributed by atoms with Crippen LogP contribution in [0.25, 0.3) is 0 Å². The van der Waals surface area contributed by atoms with Gasteiger partial charge in [0, 0.05) is 12.1 Å². The summed E-state index contributed by atoms with van der Waals surface area (Å²) in [4.78, 5) is 14.9. The van der Waals surface area contributed by atoms with Crippen molar-refractivity contribution < 1.29 is 9.53 Å². The molecule has 0 aliphatic heterocycles. The molecule has 0 atom stereocenters. The summed E-state index contributed by atoms with van der Waals surface area (Å²) in [6.07, 6.45) is 1.29. The second-order valence-electron chi connectivity index (χ2n) is 2.51. The van der Waals surface area contributed by atoms with Crippen molar-refractivity contribution in [2.75, 3.05) is 12.8 Å². The van der Waals surface area contributed by atoms with E-state index in [4.69, 9.17) is 11.0 Å². The third kappa shape index (κ3) is 2.45. The Balaban J connectivity index is 3.18. The number of nitrogens with two attached hydrogens (primary N) is 1. The van der Waals surface area contributed by atoms with E-state index in [2.05, 4.69) is 21.6 Å². The van der Waals surface area contributed by atoms with Crippen molar-refractivity contribution in [1.82, 2.24) is 4.98 Å². The number of hydrogen-bond donors (Lipinski definition) is 1. The predicted octanol–water partition coefficient (Wildman–Crippen LogP) is 0.325. The molecule has 5 heteroatoms. The largest absolute Gasteiger partial charge is 0.465 e. The Morgan fingerprint density at radius 2 is 2.40 bits per heavy atom. The van der Waals surface area contributed by atoms with E-state index in [1.165, 1.54) is 19.4 Å². The third-order valence-corrected chi connectivity index (χ3v) is 1.59. The molecular formula is C10H7N3O2. The second kappa shape index (κ2) is 4.64. The van der Waals surface area contributed by atoms with Gasteiger partial charge < -0.3 is 10.5 Å². The van der Waals surface area contributed by atoms with Gasteiger partial charge in [0.1, 0.15) is 5.82 Å². The molecule has 5 nitrogen and oxygen atoms in total. The van der Waals surface area contributed by atoms with Gasteiger partial charge >= 0.3 is 5.97 Å². The molecule has 1 rings (SSSR count). The molecule has 0 amide bonds. The van der Waals surface area contributed by atoms with Gasteiger partial charge in [-0.2, -0.15) is 5.26 Å². The monoisotopic (exact) mass is 201 g/mol. The van der Waals surface area contributed by atoms with Gasteiger partial charge in [-0.3, -0.25) is 0 Å². The summed E-state index contributed by atoms with van der Waals surface area (Å²) in [5, 5.41) is 8.27. The van der Waals surface area contributed by atoms with Gasteiger partial charge in [-0.25, -0.2) is 9.78 Å². The van der Waals surface area contributed by atoms with Crippen LogP contribution in [0.2, 0.25) is 0 Å². The van der Waals surface area contributed by atoms with E-state index in [-0.39, 0.29) is 11.4 Å². The van der Waals surface area contributed by atoms with Crippen LogP contribution >= 0.6 is 0 Å². The van der Waals surface area contributed by atoms with Crippen molar-refractivity contribution >= 4 is 11.8 Å². The van der Waals surface area contributed by atoms with E-state index in [1.807, 2.05) is 0 Å². The summed E-state index contributed by atoms with van der Waals surface area (Å²) >= 11 is 0. The molecule has 0 aromatic carbocycles. The minimum atomic E-state index is -0.525. The van der Waals surface area contributed by atoms with Gasteiger partial charge in [0.2, 0.25) is 0 Å². The molecule has 74 valence electrons. The van der Waals surface area contributed by atoms with Crippen molar-refractivity contribution in [3.8, 4) is 17.9 Å². The van der Waals surface area contributed by atoms with Gasteiger partial charge in [0.15, 0.2) is 6.07 Å². The number of carbonyl (C=O) groups is 1. The number of nitrogens with zero attached hydrogens (tertiary/aromatic N) is 2. The summed E-state index contributed by atoms with van der Waals surface area (Å²) in [7, 11) is 1.26. The van der Waals surface area contributed by atoms with Crippen LogP contribution in [0.1, 0.15) is 15.9 Å². The predicted molar refractivity (Wildman–Crippen MR) is 52.5 cm³/mol. The molecule has 0 spiro atoms. The lowest BCUT2D eigenvalue weighted by Crippen LogP contribution is -2.04. The number of ether oxygens (including phenoxy) is 1. The van der Waals surface area contributed by atoms with Crippen molar-refractivity contribution in [2.24, 2.45) is 0 Å². The minimum Gasteiger partial charge on any atom is -0.465 e. The average molecular weight is 201 g/mol. The summed E-state index contributed by atoms with van der Waals surface area (Å²) in [5.41, 5.74) is 6.07. The molecule has 0 fully saturated rings. The zero-order chi connectivity index (χ0) is 11.3. The fourth-order valence-electron chi connectivity index (χ4n) is 0.900. The van der Waals surface area contributed by atoms with Crippen LogP contribution in [0.15, 0.2) is 12.3 Å². The highest BCUT2D eigenvalue weighted by molar-refractivity contribution is 5.89. The molecule has 0 bridgehead atoms. The van der Waals surface area contributed by atoms with Gasteiger partial charge in [-0.05, 0) is 12.0 Å². The molecule has 0 saturated carbocycles. The van der Waals surface area contributed by atoms with Crippen LogP contribution in [-0.4, -0.2) is 18.1 Å². The summed E-state index contributed by atoms with van der Waals surface area (Å²) in [6.45, 7) is 0. The number of nitrogen functional groups attached to an aromatic ring is 1. The normalized spacial score (nSPS) is 8.27. The lowest BCUT2D eigenvalue weighted by molar-refractivity contribution is 0.0600. The zero-order valence-electron chi connectivity index (χ0n) is 7.94.